The highest BCUT2D eigenvalue weighted by atomic mass is 79.9. The van der Waals surface area contributed by atoms with E-state index in [0.29, 0.717) is 16.6 Å². The standard InChI is InChI=1S/C25H18BrF3N2O/c1-14-11-15(2)23-18(12-14)19(13-22(30-23)16-7-9-17(26)10-8-16)24(32)31-21-6-4-3-5-20(21)25(27,28)29/h3-13H,1-2H3,(H,31,32). The van der Waals surface area contributed by atoms with E-state index in [1.54, 1.807) is 6.07 Å². The van der Waals surface area contributed by atoms with Crippen molar-refractivity contribution in [3.05, 3.63) is 93.5 Å². The first-order valence-electron chi connectivity index (χ1n) is 9.79. The molecule has 1 N–H and O–H groups in total. The van der Waals surface area contributed by atoms with E-state index >= 15 is 0 Å². The van der Waals surface area contributed by atoms with E-state index in [1.165, 1.54) is 18.2 Å². The number of carbonyl (C=O) groups is 1. The molecule has 4 rings (SSSR count). The summed E-state index contributed by atoms with van der Waals surface area (Å²) in [5.41, 5.74) is 2.87. The van der Waals surface area contributed by atoms with Crippen molar-refractivity contribution in [2.24, 2.45) is 0 Å². The van der Waals surface area contributed by atoms with Crippen molar-refractivity contribution in [2.45, 2.75) is 20.0 Å². The number of nitrogens with zero attached hydrogens (tertiary/aromatic N) is 1. The van der Waals surface area contributed by atoms with Crippen LogP contribution in [0.4, 0.5) is 18.9 Å². The van der Waals surface area contributed by atoms with Crippen LogP contribution in [0, 0.1) is 13.8 Å². The van der Waals surface area contributed by atoms with Crippen LogP contribution in [-0.4, -0.2) is 10.9 Å². The molecule has 4 aromatic rings. The van der Waals surface area contributed by atoms with Gasteiger partial charge in [-0.1, -0.05) is 51.8 Å². The summed E-state index contributed by atoms with van der Waals surface area (Å²) in [6.07, 6.45) is -4.58. The summed E-state index contributed by atoms with van der Waals surface area (Å²) in [6, 6.07) is 17.8. The van der Waals surface area contributed by atoms with Gasteiger partial charge in [0.2, 0.25) is 0 Å². The Morgan fingerprint density at radius 3 is 2.34 bits per heavy atom. The van der Waals surface area contributed by atoms with E-state index in [9.17, 15) is 18.0 Å². The number of hydrogen-bond acceptors (Lipinski definition) is 2. The molecule has 0 bridgehead atoms. The number of anilines is 1. The van der Waals surface area contributed by atoms with Crippen molar-refractivity contribution in [1.82, 2.24) is 4.98 Å². The van der Waals surface area contributed by atoms with Gasteiger partial charge >= 0.3 is 6.18 Å². The van der Waals surface area contributed by atoms with Crippen LogP contribution < -0.4 is 5.32 Å². The van der Waals surface area contributed by atoms with Gasteiger partial charge < -0.3 is 5.32 Å². The topological polar surface area (TPSA) is 42.0 Å². The lowest BCUT2D eigenvalue weighted by Gasteiger charge is -2.16. The van der Waals surface area contributed by atoms with Gasteiger partial charge in [0.05, 0.1) is 28.0 Å². The van der Waals surface area contributed by atoms with Crippen molar-refractivity contribution >= 4 is 38.4 Å². The van der Waals surface area contributed by atoms with E-state index < -0.39 is 17.6 Å². The smallest absolute Gasteiger partial charge is 0.321 e. The third kappa shape index (κ3) is 4.39. The van der Waals surface area contributed by atoms with Crippen LogP contribution in [-0.2, 0) is 6.18 Å². The lowest BCUT2D eigenvalue weighted by molar-refractivity contribution is -0.136. The summed E-state index contributed by atoms with van der Waals surface area (Å²) < 4.78 is 41.1. The van der Waals surface area contributed by atoms with E-state index in [-0.39, 0.29) is 11.3 Å². The zero-order valence-electron chi connectivity index (χ0n) is 17.2. The Labute approximate surface area is 191 Å². The molecule has 0 unspecified atom stereocenters. The van der Waals surface area contributed by atoms with Gasteiger partial charge in [0.15, 0.2) is 0 Å². The largest absolute Gasteiger partial charge is 0.418 e. The normalized spacial score (nSPS) is 11.6. The summed E-state index contributed by atoms with van der Waals surface area (Å²) in [5, 5.41) is 3.05. The van der Waals surface area contributed by atoms with E-state index in [2.05, 4.69) is 21.2 Å². The Balaban J connectivity index is 1.88. The summed E-state index contributed by atoms with van der Waals surface area (Å²) in [4.78, 5) is 18.0. The van der Waals surface area contributed by atoms with Gasteiger partial charge in [-0.05, 0) is 55.8 Å². The third-order valence-electron chi connectivity index (χ3n) is 5.11. The highest BCUT2D eigenvalue weighted by Crippen LogP contribution is 2.35. The maximum Gasteiger partial charge on any atom is 0.418 e. The van der Waals surface area contributed by atoms with Gasteiger partial charge in [-0.25, -0.2) is 4.98 Å². The third-order valence-corrected chi connectivity index (χ3v) is 5.64. The molecule has 0 atom stereocenters. The molecule has 1 heterocycles. The molecule has 162 valence electrons. The number of carbonyl (C=O) groups excluding carboxylic acids is 1. The zero-order valence-corrected chi connectivity index (χ0v) is 18.8. The quantitative estimate of drug-likeness (QED) is 0.316. The number of alkyl halides is 3. The number of rotatable bonds is 3. The maximum atomic E-state index is 13.4. The number of pyridine rings is 1. The highest BCUT2D eigenvalue weighted by molar-refractivity contribution is 9.10. The highest BCUT2D eigenvalue weighted by Gasteiger charge is 2.33. The number of hydrogen-bond donors (Lipinski definition) is 1. The predicted molar refractivity (Wildman–Crippen MR) is 124 cm³/mol. The zero-order chi connectivity index (χ0) is 23.0. The second-order valence-electron chi connectivity index (χ2n) is 7.54. The SMILES string of the molecule is Cc1cc(C)c2nc(-c3ccc(Br)cc3)cc(C(=O)Nc3ccccc3C(F)(F)F)c2c1. The van der Waals surface area contributed by atoms with Gasteiger partial charge in [0.1, 0.15) is 0 Å². The number of para-hydroxylation sites is 1. The number of halogens is 4. The second-order valence-corrected chi connectivity index (χ2v) is 8.45. The molecule has 3 nitrogen and oxygen atoms in total. The van der Waals surface area contributed by atoms with Crippen LogP contribution in [0.5, 0.6) is 0 Å². The van der Waals surface area contributed by atoms with Crippen LogP contribution in [0.3, 0.4) is 0 Å². The molecule has 0 saturated heterocycles. The molecule has 0 fully saturated rings. The summed E-state index contributed by atoms with van der Waals surface area (Å²) in [5.74, 6) is -0.627. The molecule has 1 amide bonds. The molecule has 0 aliphatic rings. The van der Waals surface area contributed by atoms with Crippen LogP contribution in [0.1, 0.15) is 27.0 Å². The van der Waals surface area contributed by atoms with E-state index in [1.807, 2.05) is 50.2 Å². The van der Waals surface area contributed by atoms with Crippen molar-refractivity contribution in [1.29, 1.82) is 0 Å². The van der Waals surface area contributed by atoms with Crippen molar-refractivity contribution in [2.75, 3.05) is 5.32 Å². The van der Waals surface area contributed by atoms with Crippen LogP contribution in [0.15, 0.2) is 71.2 Å². The van der Waals surface area contributed by atoms with Crippen molar-refractivity contribution < 1.29 is 18.0 Å². The Morgan fingerprint density at radius 2 is 1.66 bits per heavy atom. The molecule has 7 heteroatoms. The Bertz CT molecular complexity index is 1330. The number of aromatic nitrogens is 1. The number of fused-ring (bicyclic) bond motifs is 1. The number of nitrogens with one attached hydrogen (secondary N) is 1. The van der Waals surface area contributed by atoms with Gasteiger partial charge in [0, 0.05) is 15.4 Å². The lowest BCUT2D eigenvalue weighted by Crippen LogP contribution is -2.17. The molecule has 0 saturated carbocycles. The summed E-state index contributed by atoms with van der Waals surface area (Å²) in [7, 11) is 0. The van der Waals surface area contributed by atoms with E-state index in [4.69, 9.17) is 4.98 Å². The van der Waals surface area contributed by atoms with Crippen LogP contribution in [0.2, 0.25) is 0 Å². The Kier molecular flexibility index (Phi) is 5.77. The number of amides is 1. The van der Waals surface area contributed by atoms with Crippen LogP contribution in [0.25, 0.3) is 22.2 Å². The minimum absolute atomic E-state index is 0.261. The fourth-order valence-electron chi connectivity index (χ4n) is 3.67. The average Bonchev–Trinajstić information content (AvgIpc) is 2.73. The average molecular weight is 499 g/mol. The molecule has 32 heavy (non-hydrogen) atoms. The fourth-order valence-corrected chi connectivity index (χ4v) is 3.93. The minimum Gasteiger partial charge on any atom is -0.321 e. The number of aryl methyl sites for hydroxylation is 2. The fraction of sp³-hybridized carbons (Fsp3) is 0.120. The molecule has 3 aromatic carbocycles. The lowest BCUT2D eigenvalue weighted by atomic mass is 9.99. The first-order chi connectivity index (χ1) is 15.1. The molecule has 1 aromatic heterocycles. The molecule has 0 spiro atoms. The summed E-state index contributed by atoms with van der Waals surface area (Å²) in [6.45, 7) is 3.80. The maximum absolute atomic E-state index is 13.4. The number of benzene rings is 3. The van der Waals surface area contributed by atoms with Gasteiger partial charge in [0.25, 0.3) is 5.91 Å². The monoisotopic (exact) mass is 498 g/mol. The second kappa shape index (κ2) is 8.39. The van der Waals surface area contributed by atoms with Gasteiger partial charge in [-0.2, -0.15) is 13.2 Å². The molecular weight excluding hydrogens is 481 g/mol. The molecule has 0 radical (unpaired) electrons. The molecular formula is C25H18BrF3N2O. The first-order valence-corrected chi connectivity index (χ1v) is 10.6. The van der Waals surface area contributed by atoms with Crippen molar-refractivity contribution in [3.8, 4) is 11.3 Å². The summed E-state index contributed by atoms with van der Waals surface area (Å²) >= 11 is 3.40. The first kappa shape index (κ1) is 22.0. The molecule has 0 aliphatic heterocycles. The van der Waals surface area contributed by atoms with Gasteiger partial charge in [-0.15, -0.1) is 0 Å². The van der Waals surface area contributed by atoms with Crippen LogP contribution >= 0.6 is 15.9 Å². The van der Waals surface area contributed by atoms with Crippen molar-refractivity contribution in [3.63, 3.8) is 0 Å². The van der Waals surface area contributed by atoms with Gasteiger partial charge in [-0.3, -0.25) is 4.79 Å². The predicted octanol–water partition coefficient (Wildman–Crippen LogP) is 7.55. The Morgan fingerprint density at radius 1 is 0.969 bits per heavy atom. The Hall–Kier alpha value is -3.19. The van der Waals surface area contributed by atoms with E-state index in [0.717, 1.165) is 27.2 Å². The minimum atomic E-state index is -4.58. The molecule has 0 aliphatic carbocycles.